The van der Waals surface area contributed by atoms with Crippen LogP contribution < -0.4 is 10.6 Å². The smallest absolute Gasteiger partial charge is 0.293 e. The van der Waals surface area contributed by atoms with Crippen molar-refractivity contribution >= 4 is 23.2 Å². The molecule has 2 amide bonds. The molecule has 116 valence electrons. The van der Waals surface area contributed by atoms with Crippen molar-refractivity contribution in [1.29, 1.82) is 0 Å². The number of benzene rings is 1. The minimum absolute atomic E-state index is 0.0975. The summed E-state index contributed by atoms with van der Waals surface area (Å²) < 4.78 is 5.41. The minimum Gasteiger partial charge on any atom is -0.436 e. The van der Waals surface area contributed by atoms with Crippen molar-refractivity contribution in [3.63, 3.8) is 0 Å². The molecule has 1 aromatic carbocycles. The Morgan fingerprint density at radius 3 is 2.14 bits per heavy atom. The van der Waals surface area contributed by atoms with Crippen molar-refractivity contribution in [3.8, 4) is 0 Å². The number of carbonyl (C=O) groups excluding carboxylic acids is 2. The van der Waals surface area contributed by atoms with Crippen molar-refractivity contribution in [1.82, 2.24) is 4.98 Å². The maximum atomic E-state index is 12.3. The van der Waals surface area contributed by atoms with E-state index in [1.165, 1.54) is 6.92 Å². The van der Waals surface area contributed by atoms with Crippen molar-refractivity contribution in [2.45, 2.75) is 33.6 Å². The fourth-order valence-corrected chi connectivity index (χ4v) is 2.03. The molecule has 0 bridgehead atoms. The van der Waals surface area contributed by atoms with Gasteiger partial charge in [-0.1, -0.05) is 13.8 Å². The Morgan fingerprint density at radius 1 is 1.09 bits per heavy atom. The highest BCUT2D eigenvalue weighted by atomic mass is 16.4. The number of oxazole rings is 1. The quantitative estimate of drug-likeness (QED) is 0.907. The van der Waals surface area contributed by atoms with E-state index in [-0.39, 0.29) is 23.5 Å². The fraction of sp³-hybridized carbons (Fsp3) is 0.312. The monoisotopic (exact) mass is 301 g/mol. The van der Waals surface area contributed by atoms with E-state index in [4.69, 9.17) is 4.42 Å². The van der Waals surface area contributed by atoms with Crippen LogP contribution in [0.15, 0.2) is 28.7 Å². The number of carbonyl (C=O) groups is 2. The van der Waals surface area contributed by atoms with Crippen LogP contribution in [0.1, 0.15) is 48.8 Å². The van der Waals surface area contributed by atoms with E-state index in [1.54, 1.807) is 31.2 Å². The topological polar surface area (TPSA) is 84.2 Å². The molecule has 0 aliphatic carbocycles. The predicted molar refractivity (Wildman–Crippen MR) is 84.0 cm³/mol. The predicted octanol–water partition coefficient (Wildman–Crippen LogP) is 3.32. The van der Waals surface area contributed by atoms with Crippen LogP contribution in [-0.4, -0.2) is 16.8 Å². The van der Waals surface area contributed by atoms with Crippen molar-refractivity contribution in [2.75, 3.05) is 10.6 Å². The van der Waals surface area contributed by atoms with Gasteiger partial charge in [0.25, 0.3) is 5.91 Å². The highest BCUT2D eigenvalue weighted by Crippen LogP contribution is 2.21. The van der Waals surface area contributed by atoms with Gasteiger partial charge in [-0.05, 0) is 30.2 Å². The highest BCUT2D eigenvalue weighted by molar-refractivity contribution is 6.03. The molecular formula is C16H19N3O3. The number of anilines is 2. The van der Waals surface area contributed by atoms with Gasteiger partial charge in [0.1, 0.15) is 0 Å². The lowest BCUT2D eigenvalue weighted by molar-refractivity contribution is -0.114. The first-order chi connectivity index (χ1) is 10.4. The zero-order valence-electron chi connectivity index (χ0n) is 13.1. The minimum atomic E-state index is -0.337. The van der Waals surface area contributed by atoms with Crippen LogP contribution in [0.4, 0.5) is 11.4 Å². The van der Waals surface area contributed by atoms with Gasteiger partial charge in [0.2, 0.25) is 11.7 Å². The largest absolute Gasteiger partial charge is 0.436 e. The van der Waals surface area contributed by atoms with Gasteiger partial charge in [-0.2, -0.15) is 0 Å². The molecule has 0 atom stereocenters. The third kappa shape index (κ3) is 3.72. The number of aryl methyl sites for hydroxylation is 1. The third-order valence-corrected chi connectivity index (χ3v) is 2.98. The lowest BCUT2D eigenvalue weighted by Gasteiger charge is -2.07. The molecular weight excluding hydrogens is 282 g/mol. The standard InChI is InChI=1S/C16H19N3O3/c1-9(2)14-15(22-11(4)18-14)16(21)19-13-7-5-12(6-8-13)17-10(3)20/h5-9H,1-4H3,(H,17,20)(H,19,21). The van der Waals surface area contributed by atoms with Gasteiger partial charge < -0.3 is 15.1 Å². The summed E-state index contributed by atoms with van der Waals surface area (Å²) in [4.78, 5) is 27.5. The number of rotatable bonds is 4. The number of amides is 2. The van der Waals surface area contributed by atoms with E-state index in [1.807, 2.05) is 13.8 Å². The van der Waals surface area contributed by atoms with E-state index in [0.717, 1.165) is 0 Å². The molecule has 0 aliphatic rings. The van der Waals surface area contributed by atoms with E-state index in [2.05, 4.69) is 15.6 Å². The van der Waals surface area contributed by atoms with Gasteiger partial charge in [-0.25, -0.2) is 4.98 Å². The maximum Gasteiger partial charge on any atom is 0.293 e. The SMILES string of the molecule is CC(=O)Nc1ccc(NC(=O)c2oc(C)nc2C(C)C)cc1. The summed E-state index contributed by atoms with van der Waals surface area (Å²) in [6, 6.07) is 6.85. The molecule has 0 aliphatic heterocycles. The Morgan fingerprint density at radius 2 is 1.64 bits per heavy atom. The molecule has 0 saturated carbocycles. The number of nitrogens with one attached hydrogen (secondary N) is 2. The molecule has 22 heavy (non-hydrogen) atoms. The second-order valence-electron chi connectivity index (χ2n) is 5.31. The van der Waals surface area contributed by atoms with Gasteiger partial charge in [0.05, 0.1) is 5.69 Å². The van der Waals surface area contributed by atoms with Gasteiger partial charge in [-0.15, -0.1) is 0 Å². The third-order valence-electron chi connectivity index (χ3n) is 2.98. The number of hydrogen-bond donors (Lipinski definition) is 2. The Balaban J connectivity index is 2.13. The molecule has 1 heterocycles. The number of aromatic nitrogens is 1. The summed E-state index contributed by atoms with van der Waals surface area (Å²) in [5.74, 6) is 0.320. The first kappa shape index (κ1) is 15.8. The second-order valence-corrected chi connectivity index (χ2v) is 5.31. The number of hydrogen-bond acceptors (Lipinski definition) is 4. The molecule has 0 spiro atoms. The van der Waals surface area contributed by atoms with Gasteiger partial charge in [0, 0.05) is 25.2 Å². The van der Waals surface area contributed by atoms with Crippen LogP contribution in [0, 0.1) is 6.92 Å². The zero-order chi connectivity index (χ0) is 16.3. The van der Waals surface area contributed by atoms with Crippen molar-refractivity contribution in [2.24, 2.45) is 0 Å². The molecule has 0 unspecified atom stereocenters. The summed E-state index contributed by atoms with van der Waals surface area (Å²) >= 11 is 0. The first-order valence-electron chi connectivity index (χ1n) is 7.03. The number of nitrogens with zero attached hydrogens (tertiary/aromatic N) is 1. The zero-order valence-corrected chi connectivity index (χ0v) is 13.1. The van der Waals surface area contributed by atoms with E-state index in [0.29, 0.717) is 23.0 Å². The Kier molecular flexibility index (Phi) is 4.60. The van der Waals surface area contributed by atoms with E-state index < -0.39 is 0 Å². The Bertz CT molecular complexity index is 687. The molecule has 0 saturated heterocycles. The summed E-state index contributed by atoms with van der Waals surface area (Å²) in [5, 5.41) is 5.43. The van der Waals surface area contributed by atoms with Crippen LogP contribution >= 0.6 is 0 Å². The molecule has 6 nitrogen and oxygen atoms in total. The van der Waals surface area contributed by atoms with Gasteiger partial charge in [0.15, 0.2) is 5.89 Å². The normalized spacial score (nSPS) is 10.6. The highest BCUT2D eigenvalue weighted by Gasteiger charge is 2.21. The average molecular weight is 301 g/mol. The molecule has 2 aromatic rings. The van der Waals surface area contributed by atoms with Crippen LogP contribution in [-0.2, 0) is 4.79 Å². The lowest BCUT2D eigenvalue weighted by atomic mass is 10.1. The van der Waals surface area contributed by atoms with Crippen LogP contribution in [0.5, 0.6) is 0 Å². The Labute approximate surface area is 128 Å². The van der Waals surface area contributed by atoms with E-state index in [9.17, 15) is 9.59 Å². The molecule has 6 heteroatoms. The summed E-state index contributed by atoms with van der Waals surface area (Å²) in [7, 11) is 0. The second kappa shape index (κ2) is 6.43. The van der Waals surface area contributed by atoms with Crippen molar-refractivity contribution in [3.05, 3.63) is 41.6 Å². The average Bonchev–Trinajstić information content (AvgIpc) is 2.83. The molecule has 0 radical (unpaired) electrons. The van der Waals surface area contributed by atoms with Crippen LogP contribution in [0.2, 0.25) is 0 Å². The van der Waals surface area contributed by atoms with E-state index >= 15 is 0 Å². The van der Waals surface area contributed by atoms with Gasteiger partial charge >= 0.3 is 0 Å². The molecule has 2 rings (SSSR count). The van der Waals surface area contributed by atoms with Crippen LogP contribution in [0.25, 0.3) is 0 Å². The maximum absolute atomic E-state index is 12.3. The fourth-order valence-electron chi connectivity index (χ4n) is 2.03. The molecule has 0 fully saturated rings. The first-order valence-corrected chi connectivity index (χ1v) is 7.03. The summed E-state index contributed by atoms with van der Waals surface area (Å²) in [5.41, 5.74) is 1.93. The van der Waals surface area contributed by atoms with Crippen molar-refractivity contribution < 1.29 is 14.0 Å². The summed E-state index contributed by atoms with van der Waals surface area (Å²) in [6.07, 6.45) is 0. The summed E-state index contributed by atoms with van der Waals surface area (Å²) in [6.45, 7) is 7.06. The molecule has 2 N–H and O–H groups in total. The van der Waals surface area contributed by atoms with Crippen LogP contribution in [0.3, 0.4) is 0 Å². The molecule has 1 aromatic heterocycles. The van der Waals surface area contributed by atoms with Gasteiger partial charge in [-0.3, -0.25) is 9.59 Å². The lowest BCUT2D eigenvalue weighted by Crippen LogP contribution is -2.14. The Hall–Kier alpha value is -2.63.